The third-order valence-electron chi connectivity index (χ3n) is 3.76. The molecule has 2 aliphatic rings. The van der Waals surface area contributed by atoms with Crippen LogP contribution in [0, 0.1) is 0 Å². The van der Waals surface area contributed by atoms with Crippen molar-refractivity contribution in [1.29, 1.82) is 0 Å². The first-order valence-electron chi connectivity index (χ1n) is 6.11. The van der Waals surface area contributed by atoms with Gasteiger partial charge in [-0.3, -0.25) is 9.69 Å². The molecular formula is C12H21NOS. The van der Waals surface area contributed by atoms with Crippen LogP contribution in [-0.2, 0) is 4.79 Å². The van der Waals surface area contributed by atoms with Crippen LogP contribution < -0.4 is 0 Å². The molecule has 2 nitrogen and oxygen atoms in total. The van der Waals surface area contributed by atoms with Crippen LogP contribution in [0.25, 0.3) is 0 Å². The number of likely N-dealkylation sites (N-methyl/N-ethyl adjacent to an activating group) is 1. The Kier molecular flexibility index (Phi) is 4.09. The van der Waals surface area contributed by atoms with Crippen molar-refractivity contribution < 1.29 is 4.79 Å². The van der Waals surface area contributed by atoms with E-state index in [1.54, 1.807) is 0 Å². The molecule has 0 aromatic rings. The Bertz CT molecular complexity index is 224. The molecule has 1 saturated heterocycles. The molecule has 0 aromatic carbocycles. The summed E-state index contributed by atoms with van der Waals surface area (Å²) in [7, 11) is 2.16. The third kappa shape index (κ3) is 2.76. The monoisotopic (exact) mass is 227 g/mol. The zero-order chi connectivity index (χ0) is 10.7. The lowest BCUT2D eigenvalue weighted by atomic mass is 10.0. The van der Waals surface area contributed by atoms with Crippen molar-refractivity contribution in [3.05, 3.63) is 0 Å². The minimum absolute atomic E-state index is 0.248. The normalized spacial score (nSPS) is 33.3. The van der Waals surface area contributed by atoms with E-state index in [9.17, 15) is 4.79 Å². The van der Waals surface area contributed by atoms with Gasteiger partial charge in [-0.2, -0.15) is 11.8 Å². The number of Topliss-reactive ketones (excluding diaryl/α,β-unsaturated/α-hetero) is 1. The van der Waals surface area contributed by atoms with Gasteiger partial charge in [0.1, 0.15) is 5.78 Å². The van der Waals surface area contributed by atoms with Crippen LogP contribution in [0.2, 0.25) is 0 Å². The molecule has 2 atom stereocenters. The smallest absolute Gasteiger partial charge is 0.149 e. The van der Waals surface area contributed by atoms with Gasteiger partial charge in [0.25, 0.3) is 0 Å². The van der Waals surface area contributed by atoms with Crippen molar-refractivity contribution in [1.82, 2.24) is 4.90 Å². The molecule has 2 rings (SSSR count). The predicted molar refractivity (Wildman–Crippen MR) is 65.4 cm³/mol. The molecule has 1 heterocycles. The van der Waals surface area contributed by atoms with Crippen LogP contribution in [0.15, 0.2) is 0 Å². The SMILES string of the molecule is CN(C1CCCSCC1)C1CCCC1=O. The number of thioether (sulfide) groups is 1. The van der Waals surface area contributed by atoms with Gasteiger partial charge in [0.15, 0.2) is 0 Å². The maximum atomic E-state index is 11.7. The van der Waals surface area contributed by atoms with Crippen molar-refractivity contribution in [3.8, 4) is 0 Å². The molecule has 86 valence electrons. The van der Waals surface area contributed by atoms with E-state index in [1.165, 1.54) is 30.8 Å². The number of nitrogens with zero attached hydrogens (tertiary/aromatic N) is 1. The lowest BCUT2D eigenvalue weighted by Crippen LogP contribution is -2.42. The average molecular weight is 227 g/mol. The molecule has 0 N–H and O–H groups in total. The fourth-order valence-corrected chi connectivity index (χ4v) is 3.79. The van der Waals surface area contributed by atoms with Gasteiger partial charge in [-0.05, 0) is 50.7 Å². The van der Waals surface area contributed by atoms with Crippen LogP contribution >= 0.6 is 11.8 Å². The van der Waals surface area contributed by atoms with Gasteiger partial charge in [-0.15, -0.1) is 0 Å². The Morgan fingerprint density at radius 1 is 1.20 bits per heavy atom. The Labute approximate surface area is 96.8 Å². The fourth-order valence-electron chi connectivity index (χ4n) is 2.78. The summed E-state index contributed by atoms with van der Waals surface area (Å²) in [5.41, 5.74) is 0. The second-order valence-corrected chi connectivity index (χ2v) is 5.96. The molecule has 0 radical (unpaired) electrons. The van der Waals surface area contributed by atoms with E-state index in [-0.39, 0.29) is 6.04 Å². The molecule has 2 unspecified atom stereocenters. The van der Waals surface area contributed by atoms with Crippen LogP contribution in [-0.4, -0.2) is 41.3 Å². The highest BCUT2D eigenvalue weighted by molar-refractivity contribution is 7.99. The Morgan fingerprint density at radius 3 is 2.80 bits per heavy atom. The van der Waals surface area contributed by atoms with Gasteiger partial charge < -0.3 is 0 Å². The maximum Gasteiger partial charge on any atom is 0.149 e. The third-order valence-corrected chi connectivity index (χ3v) is 4.86. The number of rotatable bonds is 2. The van der Waals surface area contributed by atoms with Crippen molar-refractivity contribution in [2.75, 3.05) is 18.6 Å². The lowest BCUT2D eigenvalue weighted by Gasteiger charge is -2.31. The summed E-state index contributed by atoms with van der Waals surface area (Å²) < 4.78 is 0. The first kappa shape index (κ1) is 11.5. The summed E-state index contributed by atoms with van der Waals surface area (Å²) in [5, 5.41) is 0. The lowest BCUT2D eigenvalue weighted by molar-refractivity contribution is -0.122. The molecular weight excluding hydrogens is 206 g/mol. The second-order valence-electron chi connectivity index (χ2n) is 4.74. The van der Waals surface area contributed by atoms with E-state index in [0.29, 0.717) is 11.8 Å². The van der Waals surface area contributed by atoms with E-state index in [1.807, 2.05) is 0 Å². The number of carbonyl (C=O) groups is 1. The highest BCUT2D eigenvalue weighted by Gasteiger charge is 2.31. The van der Waals surface area contributed by atoms with Gasteiger partial charge in [0.05, 0.1) is 6.04 Å². The summed E-state index contributed by atoms with van der Waals surface area (Å²) in [6.07, 6.45) is 6.89. The Balaban J connectivity index is 1.92. The largest absolute Gasteiger partial charge is 0.298 e. The summed E-state index contributed by atoms with van der Waals surface area (Å²) in [6.45, 7) is 0. The second kappa shape index (κ2) is 5.35. The summed E-state index contributed by atoms with van der Waals surface area (Å²) >= 11 is 2.07. The molecule has 0 aromatic heterocycles. The van der Waals surface area contributed by atoms with Crippen molar-refractivity contribution in [2.24, 2.45) is 0 Å². The quantitative estimate of drug-likeness (QED) is 0.722. The molecule has 0 spiro atoms. The number of hydrogen-bond acceptors (Lipinski definition) is 3. The predicted octanol–water partition coefficient (Wildman–Crippen LogP) is 2.33. The van der Waals surface area contributed by atoms with Crippen LogP contribution in [0.5, 0.6) is 0 Å². The minimum atomic E-state index is 0.248. The van der Waals surface area contributed by atoms with E-state index in [2.05, 4.69) is 23.7 Å². The van der Waals surface area contributed by atoms with E-state index in [0.717, 1.165) is 19.3 Å². The van der Waals surface area contributed by atoms with Crippen LogP contribution in [0.3, 0.4) is 0 Å². The van der Waals surface area contributed by atoms with Crippen LogP contribution in [0.4, 0.5) is 0 Å². The number of ketones is 1. The van der Waals surface area contributed by atoms with E-state index < -0.39 is 0 Å². The minimum Gasteiger partial charge on any atom is -0.298 e. The molecule has 0 amide bonds. The summed E-state index contributed by atoms with van der Waals surface area (Å²) in [4.78, 5) is 14.1. The molecule has 0 bridgehead atoms. The highest BCUT2D eigenvalue weighted by Crippen LogP contribution is 2.26. The zero-order valence-corrected chi connectivity index (χ0v) is 10.4. The number of carbonyl (C=O) groups excluding carboxylic acids is 1. The van der Waals surface area contributed by atoms with Gasteiger partial charge >= 0.3 is 0 Å². The van der Waals surface area contributed by atoms with E-state index >= 15 is 0 Å². The molecule has 1 aliphatic heterocycles. The first-order valence-corrected chi connectivity index (χ1v) is 7.27. The number of hydrogen-bond donors (Lipinski definition) is 0. The van der Waals surface area contributed by atoms with Gasteiger partial charge in [0, 0.05) is 12.5 Å². The zero-order valence-electron chi connectivity index (χ0n) is 9.58. The van der Waals surface area contributed by atoms with Gasteiger partial charge in [-0.1, -0.05) is 0 Å². The molecule has 15 heavy (non-hydrogen) atoms. The fraction of sp³-hybridized carbons (Fsp3) is 0.917. The molecule has 3 heteroatoms. The molecule has 1 saturated carbocycles. The van der Waals surface area contributed by atoms with E-state index in [4.69, 9.17) is 0 Å². The van der Waals surface area contributed by atoms with Crippen molar-refractivity contribution >= 4 is 17.5 Å². The summed E-state index contributed by atoms with van der Waals surface area (Å²) in [5.74, 6) is 3.06. The molecule has 1 aliphatic carbocycles. The Morgan fingerprint density at radius 2 is 2.07 bits per heavy atom. The maximum absolute atomic E-state index is 11.7. The first-order chi connectivity index (χ1) is 7.29. The van der Waals surface area contributed by atoms with Crippen LogP contribution in [0.1, 0.15) is 38.5 Å². The van der Waals surface area contributed by atoms with Gasteiger partial charge in [-0.25, -0.2) is 0 Å². The molecule has 2 fully saturated rings. The standard InChI is InChI=1S/C12H21NOS/c1-13(11-5-2-6-12(11)14)10-4-3-8-15-9-7-10/h10-11H,2-9H2,1H3. The Hall–Kier alpha value is -0.0200. The average Bonchev–Trinajstić information content (AvgIpc) is 2.53. The van der Waals surface area contributed by atoms with Gasteiger partial charge in [0.2, 0.25) is 0 Å². The van der Waals surface area contributed by atoms with Crippen molar-refractivity contribution in [3.63, 3.8) is 0 Å². The summed E-state index contributed by atoms with van der Waals surface area (Å²) in [6, 6.07) is 0.908. The topological polar surface area (TPSA) is 20.3 Å². The highest BCUT2D eigenvalue weighted by atomic mass is 32.2. The van der Waals surface area contributed by atoms with Crippen molar-refractivity contribution in [2.45, 2.75) is 50.6 Å².